The monoisotopic (exact) mass is 395 g/mol. The van der Waals surface area contributed by atoms with Gasteiger partial charge in [0.05, 0.1) is 6.61 Å². The average molecular weight is 396 g/mol. The van der Waals surface area contributed by atoms with E-state index in [1.807, 2.05) is 30.0 Å². The van der Waals surface area contributed by atoms with E-state index in [9.17, 15) is 9.59 Å². The summed E-state index contributed by atoms with van der Waals surface area (Å²) in [7, 11) is 0. The molecular weight excluding hydrogens is 366 g/mol. The van der Waals surface area contributed by atoms with Gasteiger partial charge in [-0.15, -0.1) is 0 Å². The number of amides is 2. The first-order chi connectivity index (χ1) is 13.0. The minimum Gasteiger partial charge on any atom is -0.494 e. The summed E-state index contributed by atoms with van der Waals surface area (Å²) in [5.74, 6) is 0.841. The highest BCUT2D eigenvalue weighted by Crippen LogP contribution is 2.21. The van der Waals surface area contributed by atoms with E-state index in [2.05, 4.69) is 5.32 Å². The van der Waals surface area contributed by atoms with Crippen LogP contribution in [0.5, 0.6) is 5.75 Å². The molecule has 150 valence electrons. The Bertz CT molecular complexity index is 639. The predicted octanol–water partition coefficient (Wildman–Crippen LogP) is 2.65. The molecule has 0 spiro atoms. The predicted molar refractivity (Wildman–Crippen MR) is 107 cm³/mol. The molecule has 6 nitrogen and oxygen atoms in total. The van der Waals surface area contributed by atoms with Crippen LogP contribution in [0.4, 0.5) is 0 Å². The van der Waals surface area contributed by atoms with Crippen molar-refractivity contribution in [2.75, 3.05) is 26.2 Å². The third-order valence-corrected chi connectivity index (χ3v) is 5.21. The molecule has 0 saturated carbocycles. The van der Waals surface area contributed by atoms with Crippen LogP contribution >= 0.6 is 11.6 Å². The van der Waals surface area contributed by atoms with Gasteiger partial charge in [0, 0.05) is 43.5 Å². The lowest BCUT2D eigenvalue weighted by Crippen LogP contribution is -2.49. The van der Waals surface area contributed by atoms with Crippen molar-refractivity contribution in [2.45, 2.75) is 51.5 Å². The van der Waals surface area contributed by atoms with E-state index in [0.29, 0.717) is 44.0 Å². The number of aryl methyl sites for hydroxylation is 1. The molecule has 1 aromatic carbocycles. The molecule has 1 unspecified atom stereocenters. The van der Waals surface area contributed by atoms with Crippen LogP contribution in [0.2, 0.25) is 5.02 Å². The number of hydrogen-bond acceptors (Lipinski definition) is 4. The molecular formula is C20H30ClN3O3. The summed E-state index contributed by atoms with van der Waals surface area (Å²) < 4.78 is 5.71. The largest absolute Gasteiger partial charge is 0.494 e. The van der Waals surface area contributed by atoms with Gasteiger partial charge in [0.1, 0.15) is 5.75 Å². The molecule has 0 aliphatic carbocycles. The summed E-state index contributed by atoms with van der Waals surface area (Å²) in [6.07, 6.45) is 4.44. The van der Waals surface area contributed by atoms with Crippen molar-refractivity contribution in [3.05, 3.63) is 28.8 Å². The summed E-state index contributed by atoms with van der Waals surface area (Å²) in [5.41, 5.74) is 6.37. The van der Waals surface area contributed by atoms with E-state index in [0.717, 1.165) is 37.1 Å². The first kappa shape index (κ1) is 21.5. The number of carbonyl (C=O) groups excluding carboxylic acids is 2. The van der Waals surface area contributed by atoms with Crippen LogP contribution < -0.4 is 15.8 Å². The minimum atomic E-state index is -0.0536. The number of hydrogen-bond donors (Lipinski definition) is 2. The molecule has 27 heavy (non-hydrogen) atoms. The van der Waals surface area contributed by atoms with Gasteiger partial charge in [-0.25, -0.2) is 0 Å². The number of nitrogens with zero attached hydrogens (tertiary/aromatic N) is 1. The van der Waals surface area contributed by atoms with E-state index in [-0.39, 0.29) is 17.9 Å². The van der Waals surface area contributed by atoms with Crippen LogP contribution in [0, 0.1) is 6.92 Å². The standard InChI is InChI=1S/C20H30ClN3O3/c1-15-13-17(7-8-18(15)21)27-12-4-6-20(26)24-11-3-2-5-16(24)14-23-19(25)9-10-22/h7-8,13,16H,2-6,9-12,14,22H2,1H3,(H,23,25). The molecule has 1 aliphatic heterocycles. The lowest BCUT2D eigenvalue weighted by atomic mass is 10.0. The number of rotatable bonds is 9. The van der Waals surface area contributed by atoms with E-state index >= 15 is 0 Å². The summed E-state index contributed by atoms with van der Waals surface area (Å²) in [4.78, 5) is 26.2. The van der Waals surface area contributed by atoms with E-state index in [1.54, 1.807) is 0 Å². The van der Waals surface area contributed by atoms with Gasteiger partial charge < -0.3 is 20.7 Å². The lowest BCUT2D eigenvalue weighted by Gasteiger charge is -2.36. The molecule has 1 aliphatic rings. The number of likely N-dealkylation sites (tertiary alicyclic amines) is 1. The van der Waals surface area contributed by atoms with Gasteiger partial charge in [-0.1, -0.05) is 11.6 Å². The number of benzene rings is 1. The fraction of sp³-hybridized carbons (Fsp3) is 0.600. The van der Waals surface area contributed by atoms with Crippen LogP contribution in [-0.4, -0.2) is 49.0 Å². The van der Waals surface area contributed by atoms with Crippen LogP contribution in [-0.2, 0) is 9.59 Å². The van der Waals surface area contributed by atoms with Gasteiger partial charge in [0.25, 0.3) is 0 Å². The highest BCUT2D eigenvalue weighted by molar-refractivity contribution is 6.31. The van der Waals surface area contributed by atoms with Crippen molar-refractivity contribution in [2.24, 2.45) is 5.73 Å². The Labute approximate surface area is 166 Å². The molecule has 1 saturated heterocycles. The Kier molecular flexibility index (Phi) is 8.88. The number of piperidine rings is 1. The molecule has 1 atom stereocenters. The van der Waals surface area contributed by atoms with Gasteiger partial charge in [0.2, 0.25) is 11.8 Å². The zero-order chi connectivity index (χ0) is 19.6. The molecule has 7 heteroatoms. The van der Waals surface area contributed by atoms with E-state index < -0.39 is 0 Å². The van der Waals surface area contributed by atoms with Gasteiger partial charge in [-0.2, -0.15) is 0 Å². The van der Waals surface area contributed by atoms with Crippen molar-refractivity contribution in [3.63, 3.8) is 0 Å². The smallest absolute Gasteiger partial charge is 0.223 e. The van der Waals surface area contributed by atoms with Crippen molar-refractivity contribution in [1.82, 2.24) is 10.2 Å². The second kappa shape index (κ2) is 11.1. The molecule has 1 aromatic rings. The number of carbonyl (C=O) groups is 2. The fourth-order valence-corrected chi connectivity index (χ4v) is 3.37. The van der Waals surface area contributed by atoms with Crippen molar-refractivity contribution in [3.8, 4) is 5.75 Å². The maximum absolute atomic E-state index is 12.6. The van der Waals surface area contributed by atoms with E-state index in [1.165, 1.54) is 0 Å². The van der Waals surface area contributed by atoms with Gasteiger partial charge in [-0.3, -0.25) is 9.59 Å². The molecule has 0 aromatic heterocycles. The Morgan fingerprint density at radius 1 is 1.33 bits per heavy atom. The third-order valence-electron chi connectivity index (χ3n) is 4.79. The Hall–Kier alpha value is -1.79. The first-order valence-corrected chi connectivity index (χ1v) is 10.0. The molecule has 1 heterocycles. The molecule has 0 radical (unpaired) electrons. The molecule has 3 N–H and O–H groups in total. The number of nitrogens with two attached hydrogens (primary N) is 1. The van der Waals surface area contributed by atoms with Crippen LogP contribution in [0.15, 0.2) is 18.2 Å². The molecule has 2 rings (SSSR count). The second-order valence-electron chi connectivity index (χ2n) is 6.94. The highest BCUT2D eigenvalue weighted by Gasteiger charge is 2.26. The highest BCUT2D eigenvalue weighted by atomic mass is 35.5. The second-order valence-corrected chi connectivity index (χ2v) is 7.35. The maximum Gasteiger partial charge on any atom is 0.223 e. The normalized spacial score (nSPS) is 16.9. The maximum atomic E-state index is 12.6. The van der Waals surface area contributed by atoms with Gasteiger partial charge >= 0.3 is 0 Å². The van der Waals surface area contributed by atoms with Crippen molar-refractivity contribution in [1.29, 1.82) is 0 Å². The van der Waals surface area contributed by atoms with Crippen molar-refractivity contribution < 1.29 is 14.3 Å². The average Bonchev–Trinajstić information content (AvgIpc) is 2.66. The van der Waals surface area contributed by atoms with Gasteiger partial charge in [-0.05, 0) is 56.4 Å². The fourth-order valence-electron chi connectivity index (χ4n) is 3.26. The molecule has 1 fully saturated rings. The number of ether oxygens (including phenoxy) is 1. The minimum absolute atomic E-state index is 0.0536. The summed E-state index contributed by atoms with van der Waals surface area (Å²) in [6, 6.07) is 5.62. The van der Waals surface area contributed by atoms with Crippen LogP contribution in [0.1, 0.15) is 44.1 Å². The summed E-state index contributed by atoms with van der Waals surface area (Å²) in [6.45, 7) is 4.02. The van der Waals surface area contributed by atoms with Crippen LogP contribution in [0.3, 0.4) is 0 Å². The topological polar surface area (TPSA) is 84.7 Å². The Balaban J connectivity index is 1.75. The molecule has 0 bridgehead atoms. The first-order valence-electron chi connectivity index (χ1n) is 9.66. The number of halogens is 1. The van der Waals surface area contributed by atoms with E-state index in [4.69, 9.17) is 22.1 Å². The summed E-state index contributed by atoms with van der Waals surface area (Å²) in [5, 5.41) is 3.60. The third kappa shape index (κ3) is 7.03. The Morgan fingerprint density at radius 3 is 2.89 bits per heavy atom. The number of nitrogens with one attached hydrogen (secondary N) is 1. The zero-order valence-electron chi connectivity index (χ0n) is 16.0. The zero-order valence-corrected chi connectivity index (χ0v) is 16.8. The van der Waals surface area contributed by atoms with Crippen molar-refractivity contribution >= 4 is 23.4 Å². The quantitative estimate of drug-likeness (QED) is 0.629. The SMILES string of the molecule is Cc1cc(OCCCC(=O)N2CCCCC2CNC(=O)CCN)ccc1Cl. The lowest BCUT2D eigenvalue weighted by molar-refractivity contribution is -0.135. The molecule has 2 amide bonds. The van der Waals surface area contributed by atoms with Crippen LogP contribution in [0.25, 0.3) is 0 Å². The Morgan fingerprint density at radius 2 is 2.15 bits per heavy atom. The summed E-state index contributed by atoms with van der Waals surface area (Å²) >= 11 is 6.01. The van der Waals surface area contributed by atoms with Gasteiger partial charge in [0.15, 0.2) is 0 Å².